The zero-order valence-electron chi connectivity index (χ0n) is 8.23. The Bertz CT molecular complexity index is 513. The topological polar surface area (TPSA) is 54.4 Å². The monoisotopic (exact) mass is 248 g/mol. The Balaban J connectivity index is 2.59. The molecule has 3 nitrogen and oxygen atoms in total. The van der Waals surface area contributed by atoms with Crippen LogP contribution in [0.4, 0.5) is 8.78 Å². The predicted octanol–water partition coefficient (Wildman–Crippen LogP) is 1.42. The smallest absolute Gasteiger partial charge is 0.340 e. The third kappa shape index (κ3) is 1.36. The molecule has 16 heavy (non-hydrogen) atoms. The first kappa shape index (κ1) is 11.5. The molecule has 0 spiro atoms. The third-order valence-corrected chi connectivity index (χ3v) is 4.71. The van der Waals surface area contributed by atoms with Gasteiger partial charge < -0.3 is 5.11 Å². The second-order valence-corrected chi connectivity index (χ2v) is 5.87. The second-order valence-electron chi connectivity index (χ2n) is 3.75. The van der Waals surface area contributed by atoms with Gasteiger partial charge in [-0.1, -0.05) is 24.3 Å². The minimum absolute atomic E-state index is 0.0790. The van der Waals surface area contributed by atoms with E-state index in [0.29, 0.717) is 12.0 Å². The summed E-state index contributed by atoms with van der Waals surface area (Å²) in [5.74, 6) is -3.57. The molecule has 88 valence electrons. The summed E-state index contributed by atoms with van der Waals surface area (Å²) in [4.78, 5) is -2.43. The Morgan fingerprint density at radius 2 is 1.94 bits per heavy atom. The number of alkyl halides is 2. The van der Waals surface area contributed by atoms with Crippen molar-refractivity contribution in [3.05, 3.63) is 35.4 Å². The van der Waals surface area contributed by atoms with Crippen LogP contribution in [0.25, 0.3) is 0 Å². The number of hydrogen-bond acceptors (Lipinski definition) is 3. The van der Waals surface area contributed by atoms with E-state index in [1.54, 1.807) is 12.1 Å². The molecule has 0 saturated heterocycles. The molecule has 1 aliphatic carbocycles. The number of sulfone groups is 1. The average molecular weight is 248 g/mol. The van der Waals surface area contributed by atoms with Gasteiger partial charge >= 0.3 is 5.76 Å². The maximum absolute atomic E-state index is 12.5. The molecule has 0 bridgehead atoms. The van der Waals surface area contributed by atoms with Crippen LogP contribution in [-0.2, 0) is 21.2 Å². The zero-order chi connectivity index (χ0) is 12.0. The van der Waals surface area contributed by atoms with E-state index in [2.05, 4.69) is 0 Å². The number of benzene rings is 1. The standard InChI is InChI=1S/C10H10F2O3S/c11-9(12)16(14,15)10(13)6-5-7-3-1-2-4-8(7)10/h1-4,9,13H,5-6H2. The molecule has 0 radical (unpaired) electrons. The molecule has 1 N–H and O–H groups in total. The van der Waals surface area contributed by atoms with Crippen LogP contribution < -0.4 is 0 Å². The Morgan fingerprint density at radius 1 is 1.31 bits per heavy atom. The molecule has 1 atom stereocenters. The molecule has 0 aromatic heterocycles. The molecule has 1 aromatic carbocycles. The van der Waals surface area contributed by atoms with Gasteiger partial charge in [0, 0.05) is 5.56 Å². The molecular weight excluding hydrogens is 238 g/mol. The van der Waals surface area contributed by atoms with Crippen LogP contribution in [0.15, 0.2) is 24.3 Å². The van der Waals surface area contributed by atoms with Crippen molar-refractivity contribution in [2.45, 2.75) is 23.5 Å². The molecule has 0 aliphatic heterocycles. The van der Waals surface area contributed by atoms with Gasteiger partial charge in [0.05, 0.1) is 0 Å². The molecule has 1 aromatic rings. The van der Waals surface area contributed by atoms with Crippen LogP contribution in [0.3, 0.4) is 0 Å². The van der Waals surface area contributed by atoms with E-state index < -0.39 is 20.5 Å². The summed E-state index contributed by atoms with van der Waals surface area (Å²) < 4.78 is 47.7. The highest BCUT2D eigenvalue weighted by molar-refractivity contribution is 7.92. The quantitative estimate of drug-likeness (QED) is 0.861. The van der Waals surface area contributed by atoms with Crippen LogP contribution in [0.1, 0.15) is 17.5 Å². The van der Waals surface area contributed by atoms with Crippen LogP contribution >= 0.6 is 0 Å². The van der Waals surface area contributed by atoms with Crippen molar-refractivity contribution in [1.29, 1.82) is 0 Å². The first-order valence-corrected chi connectivity index (χ1v) is 6.26. The Morgan fingerprint density at radius 3 is 2.56 bits per heavy atom. The van der Waals surface area contributed by atoms with Crippen molar-refractivity contribution >= 4 is 9.84 Å². The zero-order valence-corrected chi connectivity index (χ0v) is 9.05. The molecule has 0 heterocycles. The number of aliphatic hydroxyl groups is 1. The molecular formula is C10H10F2O3S. The van der Waals surface area contributed by atoms with Gasteiger partial charge in [-0.3, -0.25) is 0 Å². The van der Waals surface area contributed by atoms with Gasteiger partial charge in [0.25, 0.3) is 0 Å². The van der Waals surface area contributed by atoms with Gasteiger partial charge in [-0.15, -0.1) is 0 Å². The van der Waals surface area contributed by atoms with Crippen LogP contribution in [0, 0.1) is 0 Å². The van der Waals surface area contributed by atoms with E-state index in [9.17, 15) is 22.3 Å². The maximum Gasteiger partial charge on any atom is 0.340 e. The summed E-state index contributed by atoms with van der Waals surface area (Å²) in [6.45, 7) is 0. The Labute approximate surface area is 91.6 Å². The fourth-order valence-corrected chi connectivity index (χ4v) is 3.19. The predicted molar refractivity (Wildman–Crippen MR) is 53.6 cm³/mol. The Kier molecular flexibility index (Phi) is 2.51. The maximum atomic E-state index is 12.5. The molecule has 1 unspecified atom stereocenters. The highest BCUT2D eigenvalue weighted by Crippen LogP contribution is 2.42. The first-order chi connectivity index (χ1) is 7.39. The van der Waals surface area contributed by atoms with Crippen molar-refractivity contribution in [2.75, 3.05) is 0 Å². The van der Waals surface area contributed by atoms with Crippen LogP contribution in [0.2, 0.25) is 0 Å². The van der Waals surface area contributed by atoms with E-state index in [0.717, 1.165) is 0 Å². The van der Waals surface area contributed by atoms with Crippen LogP contribution in [-0.4, -0.2) is 19.3 Å². The SMILES string of the molecule is O=S(=O)(C(F)F)C1(O)CCc2ccccc21. The van der Waals surface area contributed by atoms with Gasteiger partial charge in [-0.25, -0.2) is 8.42 Å². The summed E-state index contributed by atoms with van der Waals surface area (Å²) >= 11 is 0. The highest BCUT2D eigenvalue weighted by Gasteiger charge is 2.52. The van der Waals surface area contributed by atoms with E-state index in [1.807, 2.05) is 0 Å². The van der Waals surface area contributed by atoms with Crippen LogP contribution in [0.5, 0.6) is 0 Å². The summed E-state index contributed by atoms with van der Waals surface area (Å²) in [6, 6.07) is 6.21. The van der Waals surface area contributed by atoms with Gasteiger partial charge in [-0.2, -0.15) is 8.78 Å². The van der Waals surface area contributed by atoms with Crippen molar-refractivity contribution in [1.82, 2.24) is 0 Å². The summed E-state index contributed by atoms with van der Waals surface area (Å²) in [7, 11) is -4.87. The first-order valence-electron chi connectivity index (χ1n) is 4.72. The largest absolute Gasteiger partial charge is 0.371 e. The highest BCUT2D eigenvalue weighted by atomic mass is 32.2. The number of halogens is 2. The molecule has 6 heteroatoms. The molecule has 0 amide bonds. The van der Waals surface area contributed by atoms with Gasteiger partial charge in [0.15, 0.2) is 4.93 Å². The number of aryl methyl sites for hydroxylation is 1. The molecule has 0 fully saturated rings. The van der Waals surface area contributed by atoms with E-state index >= 15 is 0 Å². The van der Waals surface area contributed by atoms with Crippen molar-refractivity contribution in [3.63, 3.8) is 0 Å². The summed E-state index contributed by atoms with van der Waals surface area (Å²) in [5.41, 5.74) is 0.685. The van der Waals surface area contributed by atoms with E-state index in [1.165, 1.54) is 12.1 Å². The number of rotatable bonds is 2. The molecule has 1 aliphatic rings. The number of fused-ring (bicyclic) bond motifs is 1. The molecule has 0 saturated carbocycles. The van der Waals surface area contributed by atoms with Gasteiger partial charge in [0.2, 0.25) is 9.84 Å². The minimum Gasteiger partial charge on any atom is -0.371 e. The minimum atomic E-state index is -4.87. The normalized spacial score (nSPS) is 24.8. The van der Waals surface area contributed by atoms with Gasteiger partial charge in [0.1, 0.15) is 0 Å². The third-order valence-electron chi connectivity index (χ3n) is 2.88. The fraction of sp³-hybridized carbons (Fsp3) is 0.400. The lowest BCUT2D eigenvalue weighted by Crippen LogP contribution is -2.37. The van der Waals surface area contributed by atoms with Crippen molar-refractivity contribution in [2.24, 2.45) is 0 Å². The van der Waals surface area contributed by atoms with Crippen molar-refractivity contribution < 1.29 is 22.3 Å². The van der Waals surface area contributed by atoms with Gasteiger partial charge in [-0.05, 0) is 18.4 Å². The number of hydrogen-bond donors (Lipinski definition) is 1. The second kappa shape index (κ2) is 3.49. The average Bonchev–Trinajstić information content (AvgIpc) is 2.59. The summed E-state index contributed by atoms with van der Waals surface area (Å²) in [5, 5.41) is 9.97. The molecule has 2 rings (SSSR count). The lowest BCUT2D eigenvalue weighted by atomic mass is 10.1. The van der Waals surface area contributed by atoms with E-state index in [4.69, 9.17) is 0 Å². The lowest BCUT2D eigenvalue weighted by molar-refractivity contribution is 0.111. The van der Waals surface area contributed by atoms with E-state index in [-0.39, 0.29) is 12.0 Å². The van der Waals surface area contributed by atoms with Crippen molar-refractivity contribution in [3.8, 4) is 0 Å². The fourth-order valence-electron chi connectivity index (χ4n) is 2.00. The lowest BCUT2D eigenvalue weighted by Gasteiger charge is -2.23. The summed E-state index contributed by atoms with van der Waals surface area (Å²) in [6.07, 6.45) is 0.0810. The Hall–Kier alpha value is -1.01.